The average Bonchev–Trinajstić information content (AvgIpc) is 2.46. The van der Waals surface area contributed by atoms with Crippen LogP contribution >= 0.6 is 0 Å². The van der Waals surface area contributed by atoms with Crippen LogP contribution < -0.4 is 11.1 Å². The monoisotopic (exact) mass is 272 g/mol. The molecule has 0 saturated heterocycles. The molecule has 0 aliphatic rings. The summed E-state index contributed by atoms with van der Waals surface area (Å²) in [6.07, 6.45) is 1.68. The van der Waals surface area contributed by atoms with Gasteiger partial charge in [-0.15, -0.1) is 0 Å². The van der Waals surface area contributed by atoms with Crippen LogP contribution in [-0.2, 0) is 4.79 Å². The van der Waals surface area contributed by atoms with E-state index in [9.17, 15) is 4.79 Å². The van der Waals surface area contributed by atoms with Gasteiger partial charge in [0.1, 0.15) is 5.82 Å². The van der Waals surface area contributed by atoms with E-state index in [0.29, 0.717) is 12.4 Å². The minimum absolute atomic E-state index is 0.101. The Kier molecular flexibility index (Phi) is 4.40. The average molecular weight is 272 g/mol. The summed E-state index contributed by atoms with van der Waals surface area (Å²) in [6.45, 7) is 5.72. The number of carbonyl (C=O) groups is 1. The number of nitrogens with two attached hydrogens (primary N) is 1. The zero-order chi connectivity index (χ0) is 14.5. The van der Waals surface area contributed by atoms with Crippen molar-refractivity contribution in [3.63, 3.8) is 0 Å². The first kappa shape index (κ1) is 14.1. The highest BCUT2D eigenvalue weighted by atomic mass is 16.2. The highest BCUT2D eigenvalue weighted by molar-refractivity contribution is 5.93. The Bertz CT molecular complexity index is 608. The smallest absolute Gasteiger partial charge is 0.241 e. The normalized spacial score (nSPS) is 10.5. The van der Waals surface area contributed by atoms with Gasteiger partial charge in [-0.05, 0) is 43.5 Å². The van der Waals surface area contributed by atoms with Crippen molar-refractivity contribution in [1.29, 1.82) is 0 Å². The second-order valence-corrected chi connectivity index (χ2v) is 4.55. The third-order valence-electron chi connectivity index (χ3n) is 3.36. The maximum absolute atomic E-state index is 11.9. The maximum atomic E-state index is 11.9. The lowest BCUT2D eigenvalue weighted by atomic mass is 10.1. The van der Waals surface area contributed by atoms with Crippen molar-refractivity contribution in [2.45, 2.75) is 13.8 Å². The molecule has 0 bridgehead atoms. The van der Waals surface area contributed by atoms with E-state index in [1.807, 2.05) is 38.1 Å². The number of fused-ring (bicyclic) bond motifs is 1. The van der Waals surface area contributed by atoms with Gasteiger partial charge in [-0.2, -0.15) is 0 Å². The summed E-state index contributed by atoms with van der Waals surface area (Å²) >= 11 is 0. The van der Waals surface area contributed by atoms with Crippen LogP contribution in [0, 0.1) is 0 Å². The fourth-order valence-corrected chi connectivity index (χ4v) is 2.18. The number of likely N-dealkylation sites (N-methyl/N-ethyl adjacent to an activating group) is 1. The summed E-state index contributed by atoms with van der Waals surface area (Å²) < 4.78 is 0. The number of nitrogen functional groups attached to an aromatic ring is 1. The fourth-order valence-electron chi connectivity index (χ4n) is 2.18. The molecule has 1 aromatic heterocycles. The lowest BCUT2D eigenvalue weighted by Crippen LogP contribution is -2.35. The van der Waals surface area contributed by atoms with Crippen molar-refractivity contribution in [1.82, 2.24) is 9.88 Å². The van der Waals surface area contributed by atoms with Crippen LogP contribution in [0.2, 0.25) is 0 Å². The summed E-state index contributed by atoms with van der Waals surface area (Å²) in [7, 11) is 0. The Balaban J connectivity index is 2.09. The van der Waals surface area contributed by atoms with E-state index in [-0.39, 0.29) is 5.91 Å². The van der Waals surface area contributed by atoms with Crippen molar-refractivity contribution in [2.75, 3.05) is 30.7 Å². The van der Waals surface area contributed by atoms with E-state index in [2.05, 4.69) is 10.3 Å². The zero-order valence-corrected chi connectivity index (χ0v) is 11.9. The first-order valence-corrected chi connectivity index (χ1v) is 6.81. The molecule has 1 aromatic carbocycles. The van der Waals surface area contributed by atoms with Gasteiger partial charge in [-0.25, -0.2) is 4.98 Å². The molecule has 2 aromatic rings. The molecule has 1 amide bonds. The lowest BCUT2D eigenvalue weighted by molar-refractivity contribution is -0.128. The van der Waals surface area contributed by atoms with E-state index >= 15 is 0 Å². The Morgan fingerprint density at radius 3 is 2.75 bits per heavy atom. The molecule has 0 unspecified atom stereocenters. The molecule has 2 rings (SSSR count). The van der Waals surface area contributed by atoms with Crippen LogP contribution in [0.4, 0.5) is 11.5 Å². The summed E-state index contributed by atoms with van der Waals surface area (Å²) in [5, 5.41) is 5.09. The fraction of sp³-hybridized carbons (Fsp3) is 0.333. The molecule has 0 aliphatic heterocycles. The van der Waals surface area contributed by atoms with Crippen LogP contribution in [0.15, 0.2) is 30.5 Å². The Hall–Kier alpha value is -2.30. The van der Waals surface area contributed by atoms with Crippen LogP contribution in [0.3, 0.4) is 0 Å². The number of nitrogens with one attached hydrogen (secondary N) is 1. The molecule has 0 aliphatic carbocycles. The number of rotatable bonds is 5. The number of nitrogens with zero attached hydrogens (tertiary/aromatic N) is 2. The van der Waals surface area contributed by atoms with E-state index in [4.69, 9.17) is 5.73 Å². The minimum Gasteiger partial charge on any atom is -0.383 e. The van der Waals surface area contributed by atoms with Gasteiger partial charge >= 0.3 is 0 Å². The van der Waals surface area contributed by atoms with Gasteiger partial charge in [0.2, 0.25) is 5.91 Å². The van der Waals surface area contributed by atoms with Crippen LogP contribution in [0.5, 0.6) is 0 Å². The molecule has 20 heavy (non-hydrogen) atoms. The molecule has 1 heterocycles. The number of carbonyl (C=O) groups excluding carboxylic acids is 1. The topological polar surface area (TPSA) is 71.2 Å². The van der Waals surface area contributed by atoms with Crippen LogP contribution in [0.1, 0.15) is 13.8 Å². The third-order valence-corrected chi connectivity index (χ3v) is 3.36. The van der Waals surface area contributed by atoms with Gasteiger partial charge in [0.25, 0.3) is 0 Å². The molecule has 5 nitrogen and oxygen atoms in total. The van der Waals surface area contributed by atoms with Crippen molar-refractivity contribution in [2.24, 2.45) is 0 Å². The summed E-state index contributed by atoms with van der Waals surface area (Å²) in [5.74, 6) is 0.623. The van der Waals surface area contributed by atoms with Gasteiger partial charge in [-0.3, -0.25) is 4.79 Å². The molecule has 0 spiro atoms. The molecule has 0 saturated carbocycles. The van der Waals surface area contributed by atoms with Gasteiger partial charge < -0.3 is 16.0 Å². The predicted octanol–water partition coefficient (Wildman–Crippen LogP) is 2.10. The van der Waals surface area contributed by atoms with Gasteiger partial charge in [0.15, 0.2) is 0 Å². The quantitative estimate of drug-likeness (QED) is 0.874. The van der Waals surface area contributed by atoms with E-state index in [0.717, 1.165) is 29.5 Å². The Morgan fingerprint density at radius 1 is 1.30 bits per heavy atom. The largest absolute Gasteiger partial charge is 0.383 e. The second kappa shape index (κ2) is 6.23. The summed E-state index contributed by atoms with van der Waals surface area (Å²) in [6, 6.07) is 7.71. The molecule has 0 fully saturated rings. The highest BCUT2D eigenvalue weighted by Crippen LogP contribution is 2.22. The van der Waals surface area contributed by atoms with Crippen molar-refractivity contribution in [3.05, 3.63) is 30.5 Å². The lowest BCUT2D eigenvalue weighted by Gasteiger charge is -2.19. The molecule has 3 N–H and O–H groups in total. The van der Waals surface area contributed by atoms with Crippen molar-refractivity contribution < 1.29 is 4.79 Å². The van der Waals surface area contributed by atoms with Crippen LogP contribution in [0.25, 0.3) is 10.8 Å². The van der Waals surface area contributed by atoms with Gasteiger partial charge in [0.05, 0.1) is 6.54 Å². The number of hydrogen-bond donors (Lipinski definition) is 2. The molecular formula is C15H20N4O. The molecule has 0 atom stereocenters. The number of amides is 1. The summed E-state index contributed by atoms with van der Waals surface area (Å²) in [4.78, 5) is 17.8. The second-order valence-electron chi connectivity index (χ2n) is 4.55. The number of benzene rings is 1. The Labute approximate surface area is 118 Å². The number of pyridine rings is 1. The van der Waals surface area contributed by atoms with Crippen LogP contribution in [-0.4, -0.2) is 35.4 Å². The van der Waals surface area contributed by atoms with Gasteiger partial charge in [0, 0.05) is 30.4 Å². The number of anilines is 2. The van der Waals surface area contributed by atoms with Gasteiger partial charge in [-0.1, -0.05) is 0 Å². The first-order valence-electron chi connectivity index (χ1n) is 6.81. The zero-order valence-electron chi connectivity index (χ0n) is 11.9. The highest BCUT2D eigenvalue weighted by Gasteiger charge is 2.09. The SMILES string of the molecule is CCN(CC)C(=O)CNc1ccc2c(N)nccc2c1. The maximum Gasteiger partial charge on any atom is 0.241 e. The number of aromatic nitrogens is 1. The minimum atomic E-state index is 0.101. The Morgan fingerprint density at radius 2 is 2.05 bits per heavy atom. The molecular weight excluding hydrogens is 252 g/mol. The van der Waals surface area contributed by atoms with Crippen molar-refractivity contribution >= 4 is 28.2 Å². The standard InChI is InChI=1S/C15H20N4O/c1-3-19(4-2)14(20)10-18-12-5-6-13-11(9-12)7-8-17-15(13)16/h5-9,18H,3-4,10H2,1-2H3,(H2,16,17). The van der Waals surface area contributed by atoms with Crippen molar-refractivity contribution in [3.8, 4) is 0 Å². The molecule has 0 radical (unpaired) electrons. The third kappa shape index (κ3) is 2.99. The van der Waals surface area contributed by atoms with E-state index in [1.165, 1.54) is 0 Å². The summed E-state index contributed by atoms with van der Waals surface area (Å²) in [5.41, 5.74) is 6.72. The molecule has 5 heteroatoms. The van der Waals surface area contributed by atoms with E-state index in [1.54, 1.807) is 11.1 Å². The number of hydrogen-bond acceptors (Lipinski definition) is 4. The van der Waals surface area contributed by atoms with E-state index < -0.39 is 0 Å². The predicted molar refractivity (Wildman–Crippen MR) is 82.6 cm³/mol. The molecule has 106 valence electrons. The first-order chi connectivity index (χ1) is 9.65.